The summed E-state index contributed by atoms with van der Waals surface area (Å²) in [5.74, 6) is 0. The van der Waals surface area contributed by atoms with Crippen LogP contribution in [0.3, 0.4) is 0 Å². The molecule has 6 heteroatoms. The van der Waals surface area contributed by atoms with Crippen molar-refractivity contribution in [2.75, 3.05) is 13.3 Å². The summed E-state index contributed by atoms with van der Waals surface area (Å²) in [4.78, 5) is 0. The Labute approximate surface area is 226 Å². The van der Waals surface area contributed by atoms with Gasteiger partial charge in [-0.25, -0.2) is 0 Å². The van der Waals surface area contributed by atoms with E-state index in [1.54, 1.807) is 0 Å². The lowest BCUT2D eigenvalue weighted by molar-refractivity contribution is 0.470. The summed E-state index contributed by atoms with van der Waals surface area (Å²) in [5.41, 5.74) is -1.19. The molecule has 0 bridgehead atoms. The first-order valence-corrected chi connectivity index (χ1v) is 19.5. The molecule has 196 valence electrons. The highest BCUT2D eigenvalue weighted by Crippen LogP contribution is 2.68. The summed E-state index contributed by atoms with van der Waals surface area (Å²) in [5, 5.41) is 3.13. The Morgan fingerprint density at radius 2 is 0.737 bits per heavy atom. The van der Waals surface area contributed by atoms with Gasteiger partial charge in [0.15, 0.2) is 0 Å². The highest BCUT2D eigenvalue weighted by molar-refractivity contribution is 7.82. The largest absolute Gasteiger partial charge is 0.324 e. The average Bonchev–Trinajstić information content (AvgIpc) is 2.97. The number of benzene rings is 4. The van der Waals surface area contributed by atoms with Crippen molar-refractivity contribution in [1.29, 1.82) is 0 Å². The minimum atomic E-state index is -3.24. The summed E-state index contributed by atoms with van der Waals surface area (Å²) >= 11 is 0. The van der Waals surface area contributed by atoms with Crippen molar-refractivity contribution in [3.8, 4) is 0 Å². The molecular formula is C32H35O3P3. The Balaban J connectivity index is 1.76. The van der Waals surface area contributed by atoms with Crippen LogP contribution in [0.4, 0.5) is 0 Å². The molecule has 0 aliphatic heterocycles. The lowest BCUT2D eigenvalue weighted by Gasteiger charge is -2.46. The van der Waals surface area contributed by atoms with Gasteiger partial charge in [0.1, 0.15) is 14.3 Å². The first-order chi connectivity index (χ1) is 18.3. The second-order valence-corrected chi connectivity index (χ2v) is 20.1. The molecule has 0 N–H and O–H groups in total. The molecule has 0 heterocycles. The van der Waals surface area contributed by atoms with Crippen LogP contribution in [-0.4, -0.2) is 30.3 Å². The Bertz CT molecular complexity index is 1310. The second-order valence-electron chi connectivity index (χ2n) is 10.6. The van der Waals surface area contributed by atoms with Crippen molar-refractivity contribution < 1.29 is 13.7 Å². The molecule has 2 atom stereocenters. The molecule has 0 saturated heterocycles. The van der Waals surface area contributed by atoms with Crippen LogP contribution in [0, 0.1) is 0 Å². The molecule has 3 nitrogen and oxygen atoms in total. The molecule has 1 fully saturated rings. The third kappa shape index (κ3) is 4.86. The summed E-state index contributed by atoms with van der Waals surface area (Å²) in [6.07, 6.45) is 2.17. The molecule has 0 aromatic heterocycles. The fraction of sp³-hybridized carbons (Fsp3) is 0.250. The van der Waals surface area contributed by atoms with E-state index in [1.165, 1.54) is 0 Å². The summed E-state index contributed by atoms with van der Waals surface area (Å²) < 4.78 is 45.5. The molecule has 0 unspecified atom stereocenters. The van der Waals surface area contributed by atoms with Crippen LogP contribution in [0.1, 0.15) is 19.3 Å². The van der Waals surface area contributed by atoms with E-state index in [2.05, 4.69) is 0 Å². The smallest absolute Gasteiger partial charge is 0.146 e. The van der Waals surface area contributed by atoms with Crippen molar-refractivity contribution in [2.45, 2.75) is 36.2 Å². The van der Waals surface area contributed by atoms with Crippen LogP contribution in [0.5, 0.6) is 0 Å². The fourth-order valence-corrected chi connectivity index (χ4v) is 18.5. The van der Waals surface area contributed by atoms with E-state index < -0.39 is 27.1 Å². The van der Waals surface area contributed by atoms with Gasteiger partial charge in [0, 0.05) is 38.2 Å². The van der Waals surface area contributed by atoms with Gasteiger partial charge in [-0.15, -0.1) is 0 Å². The van der Waals surface area contributed by atoms with Gasteiger partial charge in [0.25, 0.3) is 0 Å². The Hall–Kier alpha value is -2.43. The highest BCUT2D eigenvalue weighted by Gasteiger charge is 2.55. The Morgan fingerprint density at radius 1 is 0.474 bits per heavy atom. The molecule has 0 spiro atoms. The number of hydrogen-bond acceptors (Lipinski definition) is 3. The van der Waals surface area contributed by atoms with Crippen molar-refractivity contribution in [3.63, 3.8) is 0 Å². The van der Waals surface area contributed by atoms with Gasteiger partial charge in [-0.05, 0) is 26.2 Å². The van der Waals surface area contributed by atoms with E-state index in [1.807, 2.05) is 135 Å². The Kier molecular flexibility index (Phi) is 7.84. The molecule has 1 saturated carbocycles. The van der Waals surface area contributed by atoms with Gasteiger partial charge in [0.2, 0.25) is 0 Å². The quantitative estimate of drug-likeness (QED) is 0.231. The van der Waals surface area contributed by atoms with E-state index in [-0.39, 0.29) is 11.3 Å². The zero-order chi connectivity index (χ0) is 26.8. The third-order valence-corrected chi connectivity index (χ3v) is 17.9. The lowest BCUT2D eigenvalue weighted by Crippen LogP contribution is -2.46. The van der Waals surface area contributed by atoms with Crippen LogP contribution in [0.2, 0.25) is 0 Å². The standard InChI is InChI=1S/C32H35O3P3/c1-36(2,33)32-30(37(34,26-16-7-3-8-17-26)27-18-9-4-10-19-27)24-15-25-31(32)38(35,28-20-11-5-12-21-28)29-22-13-6-14-23-29/h3-14,16-23,30-32H,15,24-25H2,1-2H3/t30-,31-/m1/s1. The maximum atomic E-state index is 15.6. The van der Waals surface area contributed by atoms with Crippen LogP contribution >= 0.6 is 21.4 Å². The first kappa shape index (κ1) is 27.1. The molecule has 0 amide bonds. The maximum absolute atomic E-state index is 15.6. The van der Waals surface area contributed by atoms with E-state index in [9.17, 15) is 4.57 Å². The topological polar surface area (TPSA) is 51.2 Å². The first-order valence-electron chi connectivity index (χ1n) is 13.2. The highest BCUT2D eigenvalue weighted by atomic mass is 31.2. The number of rotatable bonds is 7. The summed E-state index contributed by atoms with van der Waals surface area (Å²) in [7, 11) is -9.34. The van der Waals surface area contributed by atoms with Crippen LogP contribution in [0.25, 0.3) is 0 Å². The van der Waals surface area contributed by atoms with Crippen LogP contribution < -0.4 is 21.2 Å². The van der Waals surface area contributed by atoms with Crippen LogP contribution in [0.15, 0.2) is 121 Å². The van der Waals surface area contributed by atoms with Gasteiger partial charge in [0.05, 0.1) is 7.14 Å². The van der Waals surface area contributed by atoms with Crippen molar-refractivity contribution in [3.05, 3.63) is 121 Å². The molecule has 38 heavy (non-hydrogen) atoms. The molecule has 0 radical (unpaired) electrons. The summed E-state index contributed by atoms with van der Waals surface area (Å²) in [6, 6.07) is 38.7. The third-order valence-electron chi connectivity index (χ3n) is 8.00. The van der Waals surface area contributed by atoms with Gasteiger partial charge in [-0.3, -0.25) is 0 Å². The van der Waals surface area contributed by atoms with Crippen molar-refractivity contribution >= 4 is 42.6 Å². The van der Waals surface area contributed by atoms with Gasteiger partial charge >= 0.3 is 0 Å². The van der Waals surface area contributed by atoms with E-state index in [0.29, 0.717) is 12.8 Å². The van der Waals surface area contributed by atoms with E-state index in [4.69, 9.17) is 0 Å². The van der Waals surface area contributed by atoms with Crippen molar-refractivity contribution in [2.24, 2.45) is 0 Å². The monoisotopic (exact) mass is 560 g/mol. The average molecular weight is 561 g/mol. The second kappa shape index (κ2) is 11.0. The minimum absolute atomic E-state index is 0.368. The lowest BCUT2D eigenvalue weighted by atomic mass is 9.99. The molecule has 5 rings (SSSR count). The molecule has 1 aliphatic rings. The molecule has 4 aromatic carbocycles. The van der Waals surface area contributed by atoms with Crippen molar-refractivity contribution in [1.82, 2.24) is 0 Å². The fourth-order valence-electron chi connectivity index (χ4n) is 6.42. The van der Waals surface area contributed by atoms with E-state index >= 15 is 9.13 Å². The zero-order valence-electron chi connectivity index (χ0n) is 22.0. The zero-order valence-corrected chi connectivity index (χ0v) is 24.7. The molecule has 1 aliphatic carbocycles. The maximum Gasteiger partial charge on any atom is 0.146 e. The van der Waals surface area contributed by atoms with Gasteiger partial charge in [-0.1, -0.05) is 128 Å². The van der Waals surface area contributed by atoms with Gasteiger partial charge in [-0.2, -0.15) is 0 Å². The molecular weight excluding hydrogens is 525 g/mol. The normalized spacial score (nSPS) is 19.2. The Morgan fingerprint density at radius 3 is 0.974 bits per heavy atom. The minimum Gasteiger partial charge on any atom is -0.324 e. The van der Waals surface area contributed by atoms with Crippen LogP contribution in [-0.2, 0) is 13.7 Å². The van der Waals surface area contributed by atoms with Gasteiger partial charge < -0.3 is 13.7 Å². The number of hydrogen-bond donors (Lipinski definition) is 0. The predicted octanol–water partition coefficient (Wildman–Crippen LogP) is 6.93. The SMILES string of the molecule is CP(C)(=O)C1[C@H](P(=O)(c2ccccc2)c2ccccc2)CCC[C@H]1P(=O)(c1ccccc1)c1ccccc1. The molecule has 4 aromatic rings. The van der Waals surface area contributed by atoms with E-state index in [0.717, 1.165) is 27.6 Å². The predicted molar refractivity (Wildman–Crippen MR) is 164 cm³/mol. The summed E-state index contributed by atoms with van der Waals surface area (Å²) in [6.45, 7) is 3.62.